The van der Waals surface area contributed by atoms with Crippen molar-refractivity contribution in [3.05, 3.63) is 17.9 Å². The summed E-state index contributed by atoms with van der Waals surface area (Å²) in [4.78, 5) is 12.6. The molecule has 0 amide bonds. The normalized spacial score (nSPS) is 11.5. The van der Waals surface area contributed by atoms with Crippen molar-refractivity contribution in [1.82, 2.24) is 0 Å². The number of hydrogen-bond donors (Lipinski definition) is 2. The molecule has 0 fully saturated rings. The highest BCUT2D eigenvalue weighted by molar-refractivity contribution is 7.99. The molecule has 0 aromatic heterocycles. The predicted octanol–water partition coefficient (Wildman–Crippen LogP) is 4.96. The Morgan fingerprint density at radius 3 is 2.33 bits per heavy atom. The molecule has 1 aromatic rings. The highest BCUT2D eigenvalue weighted by Crippen LogP contribution is 2.40. The lowest BCUT2D eigenvalue weighted by atomic mass is 9.80. The second-order valence-corrected chi connectivity index (χ2v) is 7.12. The zero-order valence-corrected chi connectivity index (χ0v) is 15.5. The SMILES string of the molecule is CCCCC(CCCC)(CSc1cc(OC)c(F)cc1N)C(=O)O. The lowest BCUT2D eigenvalue weighted by molar-refractivity contribution is -0.148. The Labute approximate surface area is 148 Å². The lowest BCUT2D eigenvalue weighted by Crippen LogP contribution is -2.34. The van der Waals surface area contributed by atoms with E-state index in [0.717, 1.165) is 25.7 Å². The molecule has 0 saturated carbocycles. The van der Waals surface area contributed by atoms with E-state index in [1.807, 2.05) is 0 Å². The van der Waals surface area contributed by atoms with Crippen LogP contribution in [0.3, 0.4) is 0 Å². The minimum Gasteiger partial charge on any atom is -0.494 e. The number of carboxylic acid groups (broad SMARTS) is 1. The molecular formula is C18H28FNO3S. The Hall–Kier alpha value is -1.43. The van der Waals surface area contributed by atoms with Crippen molar-refractivity contribution in [2.45, 2.75) is 57.3 Å². The number of ether oxygens (including phenoxy) is 1. The van der Waals surface area contributed by atoms with Gasteiger partial charge < -0.3 is 15.6 Å². The van der Waals surface area contributed by atoms with E-state index >= 15 is 0 Å². The summed E-state index contributed by atoms with van der Waals surface area (Å²) in [6.45, 7) is 4.12. The first-order valence-electron chi connectivity index (χ1n) is 8.39. The molecule has 0 radical (unpaired) electrons. The first-order chi connectivity index (χ1) is 11.4. The Balaban J connectivity index is 3.00. The van der Waals surface area contributed by atoms with Crippen LogP contribution in [0.5, 0.6) is 5.75 Å². The molecule has 0 atom stereocenters. The summed E-state index contributed by atoms with van der Waals surface area (Å²) < 4.78 is 18.6. The van der Waals surface area contributed by atoms with Gasteiger partial charge in [-0.05, 0) is 18.9 Å². The smallest absolute Gasteiger partial charge is 0.310 e. The molecule has 0 aliphatic rings. The van der Waals surface area contributed by atoms with Crippen LogP contribution >= 0.6 is 11.8 Å². The van der Waals surface area contributed by atoms with Gasteiger partial charge >= 0.3 is 5.97 Å². The Morgan fingerprint density at radius 2 is 1.88 bits per heavy atom. The van der Waals surface area contributed by atoms with Crippen LogP contribution in [0.15, 0.2) is 17.0 Å². The van der Waals surface area contributed by atoms with Crippen LogP contribution in [0.2, 0.25) is 0 Å². The van der Waals surface area contributed by atoms with E-state index < -0.39 is 17.2 Å². The van der Waals surface area contributed by atoms with Gasteiger partial charge in [0.05, 0.1) is 12.5 Å². The van der Waals surface area contributed by atoms with Crippen molar-refractivity contribution >= 4 is 23.4 Å². The lowest BCUT2D eigenvalue weighted by Gasteiger charge is -2.29. The third-order valence-electron chi connectivity index (χ3n) is 4.26. The fraction of sp³-hybridized carbons (Fsp3) is 0.611. The molecule has 1 aromatic carbocycles. The van der Waals surface area contributed by atoms with E-state index in [-0.39, 0.29) is 5.75 Å². The third-order valence-corrected chi connectivity index (χ3v) is 5.62. The summed E-state index contributed by atoms with van der Waals surface area (Å²) in [6.07, 6.45) is 4.95. The van der Waals surface area contributed by atoms with Crippen LogP contribution in [0.4, 0.5) is 10.1 Å². The van der Waals surface area contributed by atoms with Gasteiger partial charge in [0, 0.05) is 22.4 Å². The van der Waals surface area contributed by atoms with Crippen LogP contribution < -0.4 is 10.5 Å². The monoisotopic (exact) mass is 357 g/mol. The molecule has 6 heteroatoms. The second-order valence-electron chi connectivity index (χ2n) is 6.11. The summed E-state index contributed by atoms with van der Waals surface area (Å²) in [5, 5.41) is 9.84. The summed E-state index contributed by atoms with van der Waals surface area (Å²) in [5.41, 5.74) is 5.42. The molecule has 1 rings (SSSR count). The largest absolute Gasteiger partial charge is 0.494 e. The average molecular weight is 357 g/mol. The molecule has 0 saturated heterocycles. The van der Waals surface area contributed by atoms with E-state index in [9.17, 15) is 14.3 Å². The molecule has 0 bridgehead atoms. The van der Waals surface area contributed by atoms with Crippen molar-refractivity contribution in [3.8, 4) is 5.75 Å². The standard InChI is InChI=1S/C18H28FNO3S/c1-4-6-8-18(17(21)22,9-7-5-2)12-24-16-11-15(23-3)13(19)10-14(16)20/h10-11H,4-9,12,20H2,1-3H3,(H,21,22). The fourth-order valence-electron chi connectivity index (χ4n) is 2.62. The quantitative estimate of drug-likeness (QED) is 0.432. The number of nitrogen functional groups attached to an aromatic ring is 1. The number of rotatable bonds is 11. The number of aliphatic carboxylic acids is 1. The number of anilines is 1. The molecule has 0 unspecified atom stereocenters. The summed E-state index contributed by atoms with van der Waals surface area (Å²) >= 11 is 1.37. The molecule has 0 aliphatic carbocycles. The van der Waals surface area contributed by atoms with Gasteiger partial charge in [-0.3, -0.25) is 4.79 Å². The number of carbonyl (C=O) groups is 1. The van der Waals surface area contributed by atoms with Crippen molar-refractivity contribution in [1.29, 1.82) is 0 Å². The van der Waals surface area contributed by atoms with Gasteiger partial charge in [0.15, 0.2) is 11.6 Å². The molecule has 0 heterocycles. The number of nitrogens with two attached hydrogens (primary N) is 1. The number of carboxylic acids is 1. The number of thioether (sulfide) groups is 1. The first-order valence-corrected chi connectivity index (χ1v) is 9.38. The Kier molecular flexibility index (Phi) is 8.39. The number of halogens is 1. The maximum absolute atomic E-state index is 13.7. The van der Waals surface area contributed by atoms with Gasteiger partial charge in [0.1, 0.15) is 0 Å². The van der Waals surface area contributed by atoms with Crippen LogP contribution in [-0.4, -0.2) is 23.9 Å². The number of benzene rings is 1. The minimum absolute atomic E-state index is 0.120. The van der Waals surface area contributed by atoms with Gasteiger partial charge in [0.25, 0.3) is 0 Å². The fourth-order valence-corrected chi connectivity index (χ4v) is 3.88. The number of unbranched alkanes of at least 4 members (excludes halogenated alkanes) is 2. The maximum Gasteiger partial charge on any atom is 0.310 e. The second kappa shape index (κ2) is 9.77. The molecular weight excluding hydrogens is 329 g/mol. The predicted molar refractivity (Wildman–Crippen MR) is 97.2 cm³/mol. The van der Waals surface area contributed by atoms with Crippen LogP contribution in [-0.2, 0) is 4.79 Å². The van der Waals surface area contributed by atoms with E-state index in [4.69, 9.17) is 10.5 Å². The number of hydrogen-bond acceptors (Lipinski definition) is 4. The van der Waals surface area contributed by atoms with E-state index in [1.165, 1.54) is 24.9 Å². The molecule has 0 aliphatic heterocycles. The topological polar surface area (TPSA) is 72.5 Å². The average Bonchev–Trinajstić information content (AvgIpc) is 2.55. The summed E-state index contributed by atoms with van der Waals surface area (Å²) in [5.74, 6) is -0.735. The van der Waals surface area contributed by atoms with Crippen molar-refractivity contribution < 1.29 is 19.0 Å². The Bertz CT molecular complexity index is 543. The van der Waals surface area contributed by atoms with Crippen LogP contribution in [0.1, 0.15) is 52.4 Å². The number of methoxy groups -OCH3 is 1. The van der Waals surface area contributed by atoms with Crippen molar-refractivity contribution in [2.75, 3.05) is 18.6 Å². The first kappa shape index (κ1) is 20.6. The maximum atomic E-state index is 13.7. The zero-order chi connectivity index (χ0) is 18.2. The molecule has 3 N–H and O–H groups in total. The van der Waals surface area contributed by atoms with Crippen molar-refractivity contribution in [3.63, 3.8) is 0 Å². The highest BCUT2D eigenvalue weighted by Gasteiger charge is 2.37. The Morgan fingerprint density at radius 1 is 1.29 bits per heavy atom. The minimum atomic E-state index is -0.773. The molecule has 4 nitrogen and oxygen atoms in total. The molecule has 136 valence electrons. The van der Waals surface area contributed by atoms with Crippen LogP contribution in [0.25, 0.3) is 0 Å². The van der Waals surface area contributed by atoms with Crippen molar-refractivity contribution in [2.24, 2.45) is 5.41 Å². The molecule has 24 heavy (non-hydrogen) atoms. The van der Waals surface area contributed by atoms with E-state index in [0.29, 0.717) is 29.2 Å². The van der Waals surface area contributed by atoms with Gasteiger partial charge in [-0.1, -0.05) is 39.5 Å². The van der Waals surface area contributed by atoms with Gasteiger partial charge in [-0.25, -0.2) is 4.39 Å². The van der Waals surface area contributed by atoms with E-state index in [1.54, 1.807) is 6.07 Å². The van der Waals surface area contributed by atoms with Gasteiger partial charge in [-0.15, -0.1) is 11.8 Å². The third kappa shape index (κ3) is 5.30. The van der Waals surface area contributed by atoms with Gasteiger partial charge in [0.2, 0.25) is 0 Å². The highest BCUT2D eigenvalue weighted by atomic mass is 32.2. The molecule has 0 spiro atoms. The van der Waals surface area contributed by atoms with Crippen LogP contribution in [0, 0.1) is 11.2 Å². The van der Waals surface area contributed by atoms with E-state index in [2.05, 4.69) is 13.8 Å². The summed E-state index contributed by atoms with van der Waals surface area (Å²) in [7, 11) is 1.40. The summed E-state index contributed by atoms with van der Waals surface area (Å²) in [6, 6.07) is 2.77. The zero-order valence-electron chi connectivity index (χ0n) is 14.7. The van der Waals surface area contributed by atoms with Gasteiger partial charge in [-0.2, -0.15) is 0 Å².